The molecule has 0 heterocycles. The maximum Gasteiger partial charge on any atom is 0.311 e. The van der Waals surface area contributed by atoms with E-state index in [1.807, 2.05) is 0 Å². The number of carbonyl (C=O) groups is 1. The average Bonchev–Trinajstić information content (AvgIpc) is 2.17. The van der Waals surface area contributed by atoms with Gasteiger partial charge in [0.2, 0.25) is 0 Å². The van der Waals surface area contributed by atoms with E-state index in [1.165, 1.54) is 18.2 Å². The van der Waals surface area contributed by atoms with E-state index in [0.717, 1.165) is 0 Å². The fraction of sp³-hybridized carbons (Fsp3) is 0.417. The molecule has 0 aromatic heterocycles. The topological polar surface area (TPSA) is 106 Å². The van der Waals surface area contributed by atoms with Crippen LogP contribution < -0.4 is 5.73 Å². The van der Waals surface area contributed by atoms with E-state index in [1.54, 1.807) is 20.8 Å². The summed E-state index contributed by atoms with van der Waals surface area (Å²) >= 11 is 0. The summed E-state index contributed by atoms with van der Waals surface area (Å²) in [5.74, 6) is -1.94. The van der Waals surface area contributed by atoms with E-state index >= 15 is 0 Å². The fourth-order valence-corrected chi connectivity index (χ4v) is 1.95. The molecule has 0 amide bonds. The summed E-state index contributed by atoms with van der Waals surface area (Å²) < 4.78 is 0. The molecular formula is C12H16N2O4. The first-order valence-corrected chi connectivity index (χ1v) is 5.42. The lowest BCUT2D eigenvalue weighted by molar-refractivity contribution is -0.384. The molecule has 18 heavy (non-hydrogen) atoms. The molecule has 0 aliphatic rings. The Balaban J connectivity index is 3.44. The van der Waals surface area contributed by atoms with Crippen molar-refractivity contribution in [1.29, 1.82) is 0 Å². The average molecular weight is 252 g/mol. The second-order valence-corrected chi connectivity index (χ2v) is 5.17. The lowest BCUT2D eigenvalue weighted by Gasteiger charge is -2.28. The normalized spacial score (nSPS) is 13.1. The van der Waals surface area contributed by atoms with Gasteiger partial charge < -0.3 is 10.8 Å². The predicted molar refractivity (Wildman–Crippen MR) is 67.3 cm³/mol. The van der Waals surface area contributed by atoms with Crippen molar-refractivity contribution in [3.63, 3.8) is 0 Å². The third-order valence-corrected chi connectivity index (χ3v) is 2.74. The number of hydrogen-bond donors (Lipinski definition) is 2. The van der Waals surface area contributed by atoms with Crippen LogP contribution in [0, 0.1) is 15.5 Å². The number of nitro benzene ring substituents is 1. The Morgan fingerprint density at radius 2 is 2.00 bits per heavy atom. The molecule has 1 aromatic carbocycles. The highest BCUT2D eigenvalue weighted by molar-refractivity contribution is 5.81. The molecule has 1 aromatic rings. The molecule has 6 nitrogen and oxygen atoms in total. The minimum absolute atomic E-state index is 0.0789. The number of carboxylic acid groups (broad SMARTS) is 1. The van der Waals surface area contributed by atoms with Crippen molar-refractivity contribution in [2.75, 3.05) is 5.73 Å². The largest absolute Gasteiger partial charge is 0.481 e. The van der Waals surface area contributed by atoms with Crippen LogP contribution in [0.15, 0.2) is 18.2 Å². The van der Waals surface area contributed by atoms with Gasteiger partial charge in [0, 0.05) is 6.07 Å². The van der Waals surface area contributed by atoms with Crippen molar-refractivity contribution in [1.82, 2.24) is 0 Å². The third-order valence-electron chi connectivity index (χ3n) is 2.74. The lowest BCUT2D eigenvalue weighted by Crippen LogP contribution is -2.27. The number of benzene rings is 1. The van der Waals surface area contributed by atoms with Crippen LogP contribution in [0.25, 0.3) is 0 Å². The standard InChI is InChI=1S/C12H16N2O4/c1-12(2,3)9(11(15)16)7-5-4-6-8(10(7)13)14(17)18/h4-6,9H,13H2,1-3H3,(H,15,16). The molecule has 98 valence electrons. The Bertz CT molecular complexity index is 491. The first-order chi connectivity index (χ1) is 8.16. The Kier molecular flexibility index (Phi) is 3.59. The minimum atomic E-state index is -1.05. The van der Waals surface area contributed by atoms with Gasteiger partial charge >= 0.3 is 5.97 Å². The van der Waals surface area contributed by atoms with Crippen LogP contribution in [-0.2, 0) is 4.79 Å². The van der Waals surface area contributed by atoms with Crippen molar-refractivity contribution >= 4 is 17.3 Å². The van der Waals surface area contributed by atoms with Gasteiger partial charge in [-0.15, -0.1) is 0 Å². The highest BCUT2D eigenvalue weighted by Gasteiger charge is 2.35. The van der Waals surface area contributed by atoms with Gasteiger partial charge in [-0.05, 0) is 11.0 Å². The predicted octanol–water partition coefficient (Wildman–Crippen LogP) is 2.39. The molecule has 1 unspecified atom stereocenters. The number of carboxylic acids is 1. The zero-order valence-electron chi connectivity index (χ0n) is 10.5. The van der Waals surface area contributed by atoms with Crippen molar-refractivity contribution < 1.29 is 14.8 Å². The highest BCUT2D eigenvalue weighted by atomic mass is 16.6. The first-order valence-electron chi connectivity index (χ1n) is 5.42. The van der Waals surface area contributed by atoms with E-state index in [2.05, 4.69) is 0 Å². The molecule has 0 fully saturated rings. The molecule has 0 radical (unpaired) electrons. The van der Waals surface area contributed by atoms with E-state index < -0.39 is 22.2 Å². The number of nitrogens with zero attached hydrogens (tertiary/aromatic N) is 1. The van der Waals surface area contributed by atoms with E-state index in [4.69, 9.17) is 5.73 Å². The number of hydrogen-bond acceptors (Lipinski definition) is 4. The maximum absolute atomic E-state index is 11.4. The smallest absolute Gasteiger partial charge is 0.311 e. The second-order valence-electron chi connectivity index (χ2n) is 5.17. The van der Waals surface area contributed by atoms with Gasteiger partial charge in [0.15, 0.2) is 0 Å². The summed E-state index contributed by atoms with van der Waals surface area (Å²) in [4.78, 5) is 21.5. The van der Waals surface area contributed by atoms with Gasteiger partial charge in [-0.1, -0.05) is 32.9 Å². The van der Waals surface area contributed by atoms with E-state index in [-0.39, 0.29) is 16.9 Å². The van der Waals surface area contributed by atoms with Crippen LogP contribution in [-0.4, -0.2) is 16.0 Å². The van der Waals surface area contributed by atoms with Crippen molar-refractivity contribution in [3.8, 4) is 0 Å². The molecule has 1 rings (SSSR count). The van der Waals surface area contributed by atoms with Crippen LogP contribution in [0.4, 0.5) is 11.4 Å². The molecule has 0 spiro atoms. The Morgan fingerprint density at radius 3 is 2.39 bits per heavy atom. The number of nitrogen functional groups attached to an aromatic ring is 1. The fourth-order valence-electron chi connectivity index (χ4n) is 1.95. The van der Waals surface area contributed by atoms with Gasteiger partial charge in [-0.2, -0.15) is 0 Å². The number of nitrogens with two attached hydrogens (primary N) is 1. The Labute approximate surface area is 105 Å². The number of nitro groups is 1. The summed E-state index contributed by atoms with van der Waals surface area (Å²) in [6.07, 6.45) is 0. The minimum Gasteiger partial charge on any atom is -0.481 e. The van der Waals surface area contributed by atoms with Gasteiger partial charge in [-0.25, -0.2) is 0 Å². The van der Waals surface area contributed by atoms with Crippen LogP contribution in [0.2, 0.25) is 0 Å². The van der Waals surface area contributed by atoms with Crippen molar-refractivity contribution in [2.24, 2.45) is 5.41 Å². The van der Waals surface area contributed by atoms with Gasteiger partial charge in [0.05, 0.1) is 10.8 Å². The van der Waals surface area contributed by atoms with Gasteiger partial charge in [0.25, 0.3) is 5.69 Å². The van der Waals surface area contributed by atoms with Gasteiger partial charge in [-0.3, -0.25) is 14.9 Å². The first kappa shape index (κ1) is 14.0. The second kappa shape index (κ2) is 4.64. The number of rotatable bonds is 3. The molecule has 0 aliphatic carbocycles. The summed E-state index contributed by atoms with van der Waals surface area (Å²) in [5.41, 5.74) is 5.07. The molecule has 1 atom stereocenters. The third kappa shape index (κ3) is 2.58. The zero-order valence-corrected chi connectivity index (χ0v) is 10.5. The molecular weight excluding hydrogens is 236 g/mol. The summed E-state index contributed by atoms with van der Waals surface area (Å²) in [5, 5.41) is 20.1. The van der Waals surface area contributed by atoms with E-state index in [9.17, 15) is 20.0 Å². The maximum atomic E-state index is 11.4. The Morgan fingerprint density at radius 1 is 1.44 bits per heavy atom. The van der Waals surface area contributed by atoms with Gasteiger partial charge in [0.1, 0.15) is 5.69 Å². The number of para-hydroxylation sites is 1. The Hall–Kier alpha value is -2.11. The molecule has 6 heteroatoms. The van der Waals surface area contributed by atoms with Crippen LogP contribution in [0.5, 0.6) is 0 Å². The summed E-state index contributed by atoms with van der Waals surface area (Å²) in [6, 6.07) is 4.23. The monoisotopic (exact) mass is 252 g/mol. The molecule has 0 saturated heterocycles. The molecule has 0 saturated carbocycles. The van der Waals surface area contributed by atoms with Crippen LogP contribution in [0.1, 0.15) is 32.3 Å². The lowest BCUT2D eigenvalue weighted by atomic mass is 9.76. The molecule has 0 bridgehead atoms. The van der Waals surface area contributed by atoms with Crippen molar-refractivity contribution in [2.45, 2.75) is 26.7 Å². The van der Waals surface area contributed by atoms with E-state index in [0.29, 0.717) is 0 Å². The van der Waals surface area contributed by atoms with Crippen LogP contribution in [0.3, 0.4) is 0 Å². The zero-order chi connectivity index (χ0) is 14.1. The highest BCUT2D eigenvalue weighted by Crippen LogP contribution is 2.40. The quantitative estimate of drug-likeness (QED) is 0.488. The molecule has 0 aliphatic heterocycles. The summed E-state index contributed by atoms with van der Waals surface area (Å²) in [7, 11) is 0. The van der Waals surface area contributed by atoms with Crippen molar-refractivity contribution in [3.05, 3.63) is 33.9 Å². The number of aliphatic carboxylic acids is 1. The number of anilines is 1. The SMILES string of the molecule is CC(C)(C)C(C(=O)O)c1cccc([N+](=O)[O-])c1N. The molecule has 3 N–H and O–H groups in total. The summed E-state index contributed by atoms with van der Waals surface area (Å²) in [6.45, 7) is 5.26. The van der Waals surface area contributed by atoms with Crippen LogP contribution >= 0.6 is 0 Å².